The standard InChI is InChI=1S/C19H18ClN5O3S/c1-2-21-19(26)24-17-9-8-13(11-22-17)14-10-16(18(20)23-12-14)25-29(27,28)15-6-4-3-5-7-15/h3-12,25H,2H2,1H3,(H2,21,22,24,26). The Labute approximate surface area is 173 Å². The molecule has 3 rings (SSSR count). The fourth-order valence-electron chi connectivity index (χ4n) is 2.44. The number of rotatable bonds is 6. The van der Waals surface area contributed by atoms with Gasteiger partial charge >= 0.3 is 6.03 Å². The van der Waals surface area contributed by atoms with Crippen LogP contribution in [0.3, 0.4) is 0 Å². The molecule has 0 radical (unpaired) electrons. The lowest BCUT2D eigenvalue weighted by molar-refractivity contribution is 0.252. The van der Waals surface area contributed by atoms with E-state index in [9.17, 15) is 13.2 Å². The molecule has 0 aliphatic heterocycles. The predicted octanol–water partition coefficient (Wildman–Crippen LogP) is 3.74. The maximum Gasteiger partial charge on any atom is 0.320 e. The summed E-state index contributed by atoms with van der Waals surface area (Å²) < 4.78 is 27.5. The normalized spacial score (nSPS) is 11.0. The van der Waals surface area contributed by atoms with Gasteiger partial charge in [0.05, 0.1) is 10.6 Å². The van der Waals surface area contributed by atoms with E-state index in [1.54, 1.807) is 42.6 Å². The Morgan fingerprint density at radius 1 is 1.03 bits per heavy atom. The van der Waals surface area contributed by atoms with Crippen molar-refractivity contribution in [3.8, 4) is 11.1 Å². The van der Waals surface area contributed by atoms with Crippen molar-refractivity contribution in [1.82, 2.24) is 15.3 Å². The van der Waals surface area contributed by atoms with Crippen molar-refractivity contribution in [2.75, 3.05) is 16.6 Å². The molecule has 0 spiro atoms. The minimum absolute atomic E-state index is 0.0238. The summed E-state index contributed by atoms with van der Waals surface area (Å²) in [5.41, 5.74) is 1.44. The zero-order chi connectivity index (χ0) is 20.9. The van der Waals surface area contributed by atoms with Crippen molar-refractivity contribution in [1.29, 1.82) is 0 Å². The fourth-order valence-corrected chi connectivity index (χ4v) is 3.73. The Balaban J connectivity index is 1.83. The van der Waals surface area contributed by atoms with Crippen molar-refractivity contribution in [3.05, 3.63) is 66.1 Å². The van der Waals surface area contributed by atoms with Crippen molar-refractivity contribution in [2.24, 2.45) is 0 Å². The van der Waals surface area contributed by atoms with Crippen LogP contribution in [0.4, 0.5) is 16.3 Å². The lowest BCUT2D eigenvalue weighted by atomic mass is 10.1. The molecule has 8 nitrogen and oxygen atoms in total. The van der Waals surface area contributed by atoms with Crippen LogP contribution in [0.15, 0.2) is 65.8 Å². The topological polar surface area (TPSA) is 113 Å². The Kier molecular flexibility index (Phi) is 6.30. The molecule has 0 fully saturated rings. The number of hydrogen-bond acceptors (Lipinski definition) is 5. The van der Waals surface area contributed by atoms with Gasteiger partial charge in [0.1, 0.15) is 5.82 Å². The molecule has 0 bridgehead atoms. The minimum atomic E-state index is -3.80. The van der Waals surface area contributed by atoms with Crippen molar-refractivity contribution in [3.63, 3.8) is 0 Å². The van der Waals surface area contributed by atoms with Crippen molar-refractivity contribution < 1.29 is 13.2 Å². The van der Waals surface area contributed by atoms with Crippen molar-refractivity contribution >= 4 is 39.2 Å². The molecule has 2 amide bonds. The zero-order valence-electron chi connectivity index (χ0n) is 15.4. The molecule has 0 atom stereocenters. The number of amides is 2. The molecule has 0 aliphatic rings. The van der Waals surface area contributed by atoms with Crippen LogP contribution in [0.5, 0.6) is 0 Å². The number of carbonyl (C=O) groups excluding carboxylic acids is 1. The SMILES string of the molecule is CCNC(=O)Nc1ccc(-c2cnc(Cl)c(NS(=O)(=O)c3ccccc3)c2)cn1. The third-order valence-electron chi connectivity index (χ3n) is 3.81. The molecule has 0 saturated carbocycles. The Morgan fingerprint density at radius 3 is 2.41 bits per heavy atom. The summed E-state index contributed by atoms with van der Waals surface area (Å²) >= 11 is 6.08. The first-order valence-corrected chi connectivity index (χ1v) is 10.5. The average Bonchev–Trinajstić information content (AvgIpc) is 2.71. The Bertz CT molecular complexity index is 1110. The summed E-state index contributed by atoms with van der Waals surface area (Å²) in [6.07, 6.45) is 3.05. The van der Waals surface area contributed by atoms with Gasteiger partial charge in [-0.1, -0.05) is 29.8 Å². The molecular formula is C19H18ClN5O3S. The first-order valence-electron chi connectivity index (χ1n) is 8.64. The second-order valence-corrected chi connectivity index (χ2v) is 7.94. The van der Waals surface area contributed by atoms with Gasteiger partial charge in [0.2, 0.25) is 0 Å². The van der Waals surface area contributed by atoms with E-state index in [0.717, 1.165) is 0 Å². The first kappa shape index (κ1) is 20.6. The van der Waals surface area contributed by atoms with Crippen molar-refractivity contribution in [2.45, 2.75) is 11.8 Å². The quantitative estimate of drug-likeness (QED) is 0.514. The molecule has 29 heavy (non-hydrogen) atoms. The van der Waals surface area contributed by atoms with Gasteiger partial charge in [-0.15, -0.1) is 0 Å². The lowest BCUT2D eigenvalue weighted by Crippen LogP contribution is -2.28. The Morgan fingerprint density at radius 2 is 1.76 bits per heavy atom. The number of aromatic nitrogens is 2. The van der Waals surface area contributed by atoms with E-state index >= 15 is 0 Å². The van der Waals surface area contributed by atoms with Crippen LogP contribution in [0.2, 0.25) is 5.15 Å². The lowest BCUT2D eigenvalue weighted by Gasteiger charge is -2.11. The molecule has 3 aromatic rings. The highest BCUT2D eigenvalue weighted by Gasteiger charge is 2.16. The highest BCUT2D eigenvalue weighted by Crippen LogP contribution is 2.28. The number of urea groups is 1. The van der Waals surface area contributed by atoms with E-state index in [-0.39, 0.29) is 21.8 Å². The van der Waals surface area contributed by atoms with Crippen LogP contribution in [-0.2, 0) is 10.0 Å². The summed E-state index contributed by atoms with van der Waals surface area (Å²) in [7, 11) is -3.80. The molecule has 2 heterocycles. The Hall–Kier alpha value is -3.17. The molecule has 150 valence electrons. The van der Waals surface area contributed by atoms with Gasteiger partial charge < -0.3 is 5.32 Å². The van der Waals surface area contributed by atoms with Gasteiger partial charge in [-0.25, -0.2) is 23.2 Å². The molecule has 0 unspecified atom stereocenters. The van der Waals surface area contributed by atoms with E-state index in [2.05, 4.69) is 25.3 Å². The summed E-state index contributed by atoms with van der Waals surface area (Å²) in [6, 6.07) is 12.5. The van der Waals surface area contributed by atoms with Gasteiger partial charge in [0.25, 0.3) is 10.0 Å². The van der Waals surface area contributed by atoms with E-state index in [1.165, 1.54) is 18.3 Å². The smallest absolute Gasteiger partial charge is 0.320 e. The largest absolute Gasteiger partial charge is 0.338 e. The minimum Gasteiger partial charge on any atom is -0.338 e. The third-order valence-corrected chi connectivity index (χ3v) is 5.50. The molecule has 0 saturated heterocycles. The number of nitrogens with zero attached hydrogens (tertiary/aromatic N) is 2. The summed E-state index contributed by atoms with van der Waals surface area (Å²) in [5, 5.41) is 5.23. The van der Waals surface area contributed by atoms with Crippen LogP contribution < -0.4 is 15.4 Å². The molecular weight excluding hydrogens is 414 g/mol. The number of nitrogens with one attached hydrogen (secondary N) is 3. The molecule has 10 heteroatoms. The van der Waals surface area contributed by atoms with E-state index in [0.29, 0.717) is 23.5 Å². The number of carbonyl (C=O) groups is 1. The monoisotopic (exact) mass is 431 g/mol. The van der Waals surface area contributed by atoms with Gasteiger partial charge in [-0.3, -0.25) is 10.0 Å². The number of benzene rings is 1. The van der Waals surface area contributed by atoms with Crippen LogP contribution in [0.1, 0.15) is 6.92 Å². The molecule has 3 N–H and O–H groups in total. The second-order valence-electron chi connectivity index (χ2n) is 5.90. The summed E-state index contributed by atoms with van der Waals surface area (Å²) in [6.45, 7) is 2.31. The average molecular weight is 432 g/mol. The van der Waals surface area contributed by atoms with Crippen LogP contribution in [0, 0.1) is 0 Å². The van der Waals surface area contributed by atoms with Gasteiger partial charge in [-0.05, 0) is 37.3 Å². The van der Waals surface area contributed by atoms with E-state index < -0.39 is 10.0 Å². The molecule has 2 aromatic heterocycles. The van der Waals surface area contributed by atoms with Gasteiger partial charge in [0, 0.05) is 30.1 Å². The maximum atomic E-state index is 12.5. The number of hydrogen-bond donors (Lipinski definition) is 3. The number of halogens is 1. The van der Waals surface area contributed by atoms with E-state index in [4.69, 9.17) is 11.6 Å². The third kappa shape index (κ3) is 5.21. The highest BCUT2D eigenvalue weighted by molar-refractivity contribution is 7.92. The molecule has 0 aliphatic carbocycles. The van der Waals surface area contributed by atoms with Crippen LogP contribution in [-0.4, -0.2) is 31.0 Å². The zero-order valence-corrected chi connectivity index (χ0v) is 17.0. The molecule has 1 aromatic carbocycles. The van der Waals surface area contributed by atoms with Crippen LogP contribution >= 0.6 is 11.6 Å². The number of sulfonamides is 1. The second kappa shape index (κ2) is 8.89. The van der Waals surface area contributed by atoms with Crippen LogP contribution in [0.25, 0.3) is 11.1 Å². The van der Waals surface area contributed by atoms with E-state index in [1.807, 2.05) is 6.92 Å². The maximum absolute atomic E-state index is 12.5. The number of pyridine rings is 2. The first-order chi connectivity index (χ1) is 13.9. The summed E-state index contributed by atoms with van der Waals surface area (Å²) in [5.74, 6) is 0.381. The van der Waals surface area contributed by atoms with Gasteiger partial charge in [-0.2, -0.15) is 0 Å². The highest BCUT2D eigenvalue weighted by atomic mass is 35.5. The number of anilines is 2. The van der Waals surface area contributed by atoms with Gasteiger partial charge in [0.15, 0.2) is 5.15 Å². The summed E-state index contributed by atoms with van der Waals surface area (Å²) in [4.78, 5) is 19.9. The predicted molar refractivity (Wildman–Crippen MR) is 112 cm³/mol. The fraction of sp³-hybridized carbons (Fsp3) is 0.105.